The van der Waals surface area contributed by atoms with Crippen molar-refractivity contribution in [2.75, 3.05) is 0 Å². The fourth-order valence-corrected chi connectivity index (χ4v) is 3.23. The van der Waals surface area contributed by atoms with Crippen LogP contribution in [0.25, 0.3) is 0 Å². The van der Waals surface area contributed by atoms with Crippen LogP contribution in [-0.4, -0.2) is 33.6 Å². The number of carboxylic acids is 1. The average molecular weight is 388 g/mol. The molecule has 1 atom stereocenters. The monoisotopic (exact) mass is 387 g/mol. The lowest BCUT2D eigenvalue weighted by atomic mass is 10.1. The lowest BCUT2D eigenvalue weighted by Crippen LogP contribution is -2.26. The lowest BCUT2D eigenvalue weighted by molar-refractivity contribution is -0.138. The number of rotatable bonds is 5. The van der Waals surface area contributed by atoms with Crippen molar-refractivity contribution in [2.24, 2.45) is 10.2 Å². The van der Waals surface area contributed by atoms with E-state index >= 15 is 0 Å². The highest BCUT2D eigenvalue weighted by atomic mass is 79.9. The minimum Gasteiger partial charge on any atom is -0.481 e. The summed E-state index contributed by atoms with van der Waals surface area (Å²) < 4.78 is 13.6. The van der Waals surface area contributed by atoms with E-state index in [1.54, 1.807) is 12.1 Å². The van der Waals surface area contributed by atoms with Gasteiger partial charge in [-0.3, -0.25) is 9.59 Å². The highest BCUT2D eigenvalue weighted by Gasteiger charge is 2.32. The topological polar surface area (TPSA) is 91.1 Å². The second-order valence-electron chi connectivity index (χ2n) is 4.28. The zero-order valence-corrected chi connectivity index (χ0v) is 13.5. The Morgan fingerprint density at radius 1 is 1.55 bits per heavy atom. The van der Waals surface area contributed by atoms with E-state index in [9.17, 15) is 14.0 Å². The van der Waals surface area contributed by atoms with E-state index in [0.717, 1.165) is 11.8 Å². The average Bonchev–Trinajstić information content (AvgIpc) is 2.78. The fourth-order valence-electron chi connectivity index (χ4n) is 1.73. The summed E-state index contributed by atoms with van der Waals surface area (Å²) in [7, 11) is 0. The molecule has 0 saturated carbocycles. The molecule has 1 aromatic carbocycles. The maximum atomic E-state index is 13.6. The number of hydrogen-bond acceptors (Lipinski definition) is 5. The van der Waals surface area contributed by atoms with Gasteiger partial charge in [-0.1, -0.05) is 39.8 Å². The predicted octanol–water partition coefficient (Wildman–Crippen LogP) is 2.12. The smallest absolute Gasteiger partial charge is 0.305 e. The molecule has 0 spiro atoms. The minimum atomic E-state index is -1.06. The second-order valence-corrected chi connectivity index (χ2v) is 6.04. The maximum absolute atomic E-state index is 13.6. The summed E-state index contributed by atoms with van der Waals surface area (Å²) in [5, 5.41) is 18.6. The summed E-state index contributed by atoms with van der Waals surface area (Å²) in [5.41, 5.74) is 1.02. The number of alkyl halides is 1. The van der Waals surface area contributed by atoms with Gasteiger partial charge in [-0.25, -0.2) is 4.39 Å². The van der Waals surface area contributed by atoms with E-state index in [-0.39, 0.29) is 17.4 Å². The molecule has 9 heteroatoms. The zero-order chi connectivity index (χ0) is 16.1. The summed E-state index contributed by atoms with van der Waals surface area (Å²) in [6.45, 7) is 0. The number of carbonyl (C=O) groups is 2. The van der Waals surface area contributed by atoms with Crippen molar-refractivity contribution < 1.29 is 19.1 Å². The van der Waals surface area contributed by atoms with E-state index in [4.69, 9.17) is 5.11 Å². The summed E-state index contributed by atoms with van der Waals surface area (Å²) in [5.74, 6) is -1.81. The molecule has 0 radical (unpaired) electrons. The molecular formula is C13H11BrFN3O3S. The molecule has 116 valence electrons. The molecule has 1 aliphatic rings. The number of aliphatic carboxylic acids is 1. The standard InChI is InChI=1S/C13H11BrFN3O3S/c14-5-8-7(2-1-3-9(8)15)6-16-18-13-17-12(21)10(22-13)4-11(19)20/h1-3,6,10H,4-5H2,(H,19,20)(H,17,18,21). The third-order valence-electron chi connectivity index (χ3n) is 2.77. The van der Waals surface area contributed by atoms with Crippen LogP contribution in [0.3, 0.4) is 0 Å². The Bertz CT molecular complexity index is 666. The van der Waals surface area contributed by atoms with Crippen LogP contribution in [0.5, 0.6) is 0 Å². The Kier molecular flexibility index (Phi) is 5.67. The number of halogens is 2. The largest absolute Gasteiger partial charge is 0.481 e. The normalized spacial score (nSPS) is 19.8. The van der Waals surface area contributed by atoms with Crippen LogP contribution in [0.4, 0.5) is 4.39 Å². The number of hydrogen-bond donors (Lipinski definition) is 2. The van der Waals surface area contributed by atoms with Gasteiger partial charge >= 0.3 is 5.97 Å². The van der Waals surface area contributed by atoms with E-state index in [1.165, 1.54) is 12.3 Å². The van der Waals surface area contributed by atoms with Crippen LogP contribution in [0.1, 0.15) is 17.5 Å². The van der Waals surface area contributed by atoms with Gasteiger partial charge in [0.2, 0.25) is 5.91 Å². The van der Waals surface area contributed by atoms with Crippen LogP contribution in [0, 0.1) is 5.82 Å². The van der Waals surface area contributed by atoms with Crippen molar-refractivity contribution in [1.29, 1.82) is 0 Å². The molecule has 22 heavy (non-hydrogen) atoms. The first-order chi connectivity index (χ1) is 10.5. The molecule has 0 aromatic heterocycles. The second kappa shape index (κ2) is 7.50. The van der Waals surface area contributed by atoms with Crippen molar-refractivity contribution in [2.45, 2.75) is 17.0 Å². The van der Waals surface area contributed by atoms with Gasteiger partial charge in [-0.15, -0.1) is 5.10 Å². The predicted molar refractivity (Wildman–Crippen MR) is 85.8 cm³/mol. The first-order valence-electron chi connectivity index (χ1n) is 6.15. The molecule has 1 saturated heterocycles. The van der Waals surface area contributed by atoms with Crippen molar-refractivity contribution in [3.05, 3.63) is 35.1 Å². The Morgan fingerprint density at radius 3 is 3.00 bits per heavy atom. The first-order valence-corrected chi connectivity index (χ1v) is 8.15. The van der Waals surface area contributed by atoms with Crippen LogP contribution < -0.4 is 5.32 Å². The lowest BCUT2D eigenvalue weighted by Gasteiger charge is -2.02. The van der Waals surface area contributed by atoms with E-state index in [1.807, 2.05) is 0 Å². The molecule has 1 heterocycles. The van der Waals surface area contributed by atoms with Gasteiger partial charge in [-0.2, -0.15) is 5.10 Å². The molecule has 0 bridgehead atoms. The third-order valence-corrected chi connectivity index (χ3v) is 4.40. The third kappa shape index (κ3) is 4.14. The van der Waals surface area contributed by atoms with Crippen molar-refractivity contribution in [3.63, 3.8) is 0 Å². The molecule has 2 rings (SSSR count). The van der Waals surface area contributed by atoms with E-state index in [2.05, 4.69) is 31.4 Å². The molecule has 1 aliphatic heterocycles. The van der Waals surface area contributed by atoms with E-state index in [0.29, 0.717) is 16.5 Å². The molecule has 1 amide bonds. The SMILES string of the molecule is O=C(O)CC1SC(=NN=Cc2cccc(F)c2CBr)NC1=O. The van der Waals surface area contributed by atoms with Gasteiger partial charge in [0.05, 0.1) is 12.6 Å². The molecule has 6 nitrogen and oxygen atoms in total. The molecule has 1 unspecified atom stereocenters. The Balaban J connectivity index is 2.08. The van der Waals surface area contributed by atoms with Gasteiger partial charge in [-0.05, 0) is 6.07 Å². The van der Waals surface area contributed by atoms with Crippen LogP contribution >= 0.6 is 27.7 Å². The zero-order valence-electron chi connectivity index (χ0n) is 11.1. The molecule has 2 N–H and O–H groups in total. The van der Waals surface area contributed by atoms with Gasteiger partial charge in [0, 0.05) is 16.5 Å². The Hall–Kier alpha value is -1.74. The number of nitrogens with zero attached hydrogens (tertiary/aromatic N) is 2. The fraction of sp³-hybridized carbons (Fsp3) is 0.231. The van der Waals surface area contributed by atoms with Crippen molar-refractivity contribution >= 4 is 51.0 Å². The number of carbonyl (C=O) groups excluding carboxylic acids is 1. The van der Waals surface area contributed by atoms with Gasteiger partial charge < -0.3 is 10.4 Å². The van der Waals surface area contributed by atoms with Crippen molar-refractivity contribution in [3.8, 4) is 0 Å². The van der Waals surface area contributed by atoms with Gasteiger partial charge in [0.15, 0.2) is 5.17 Å². The van der Waals surface area contributed by atoms with Crippen molar-refractivity contribution in [1.82, 2.24) is 5.32 Å². The minimum absolute atomic E-state index is 0.226. The summed E-state index contributed by atoms with van der Waals surface area (Å²) in [4.78, 5) is 22.1. The molecular weight excluding hydrogens is 377 g/mol. The highest BCUT2D eigenvalue weighted by molar-refractivity contribution is 9.08. The van der Waals surface area contributed by atoms with Gasteiger partial charge in [0.25, 0.3) is 0 Å². The number of benzene rings is 1. The number of carboxylic acid groups (broad SMARTS) is 1. The van der Waals surface area contributed by atoms with Crippen LogP contribution in [0.15, 0.2) is 28.4 Å². The summed E-state index contributed by atoms with van der Waals surface area (Å²) >= 11 is 4.21. The molecule has 0 aliphatic carbocycles. The summed E-state index contributed by atoms with van der Waals surface area (Å²) in [6.07, 6.45) is 1.10. The molecule has 1 aromatic rings. The van der Waals surface area contributed by atoms with Crippen LogP contribution in [0.2, 0.25) is 0 Å². The number of amides is 1. The number of nitrogens with one attached hydrogen (secondary N) is 1. The highest BCUT2D eigenvalue weighted by Crippen LogP contribution is 2.22. The number of amidine groups is 1. The first kappa shape index (κ1) is 16.6. The number of thioether (sulfide) groups is 1. The Morgan fingerprint density at radius 2 is 2.32 bits per heavy atom. The quantitative estimate of drug-likeness (QED) is 0.459. The Labute approximate surface area is 138 Å². The van der Waals surface area contributed by atoms with E-state index < -0.39 is 17.1 Å². The maximum Gasteiger partial charge on any atom is 0.305 e. The summed E-state index contributed by atoms with van der Waals surface area (Å²) in [6, 6.07) is 4.60. The molecule has 1 fully saturated rings. The van der Waals surface area contributed by atoms with Gasteiger partial charge in [0.1, 0.15) is 11.1 Å². The van der Waals surface area contributed by atoms with Crippen LogP contribution in [-0.2, 0) is 14.9 Å².